The third-order valence-electron chi connectivity index (χ3n) is 5.99. The molecule has 0 bridgehead atoms. The van der Waals surface area contributed by atoms with Crippen LogP contribution >= 0.6 is 0 Å². The summed E-state index contributed by atoms with van der Waals surface area (Å²) in [5, 5.41) is 10.7. The lowest BCUT2D eigenvalue weighted by molar-refractivity contribution is 0.0897. The second-order valence-electron chi connectivity index (χ2n) is 8.55. The number of carbonyl (C=O) groups excluding carboxylic acids is 2. The van der Waals surface area contributed by atoms with Crippen LogP contribution in [-0.4, -0.2) is 35.1 Å². The van der Waals surface area contributed by atoms with Crippen molar-refractivity contribution in [3.8, 4) is 28.7 Å². The fourth-order valence-corrected chi connectivity index (χ4v) is 4.13. The van der Waals surface area contributed by atoms with E-state index in [4.69, 9.17) is 13.9 Å². The standard InChI is InChI=1S/C31H26N2O6/c1-3-37-23-14-9-20(10-15-23)30(35)33(31(36)21-11-16-24(17-12-21)38-4-2)22-13-18-27(34)25(19-22)29-32-26-7-5-6-8-28(26)39-29/h5-19,34H,3-4H2,1-2H3. The lowest BCUT2D eigenvalue weighted by Gasteiger charge is -2.22. The number of aromatic hydroxyl groups is 1. The van der Waals surface area contributed by atoms with Crippen LogP contribution < -0.4 is 14.4 Å². The molecule has 8 heteroatoms. The molecule has 8 nitrogen and oxygen atoms in total. The average molecular weight is 523 g/mol. The van der Waals surface area contributed by atoms with Crippen LogP contribution in [-0.2, 0) is 0 Å². The molecule has 1 heterocycles. The minimum atomic E-state index is -0.550. The molecule has 5 aromatic rings. The first-order valence-electron chi connectivity index (χ1n) is 12.5. The first-order chi connectivity index (χ1) is 19.0. The molecular weight excluding hydrogens is 496 g/mol. The van der Waals surface area contributed by atoms with Gasteiger partial charge in [0, 0.05) is 11.1 Å². The summed E-state index contributed by atoms with van der Waals surface area (Å²) < 4.78 is 16.8. The second-order valence-corrected chi connectivity index (χ2v) is 8.55. The van der Waals surface area contributed by atoms with Gasteiger partial charge in [-0.15, -0.1) is 0 Å². The second kappa shape index (κ2) is 11.1. The smallest absolute Gasteiger partial charge is 0.265 e. The van der Waals surface area contributed by atoms with E-state index in [1.165, 1.54) is 18.2 Å². The number of amides is 2. The number of fused-ring (bicyclic) bond motifs is 1. The van der Waals surface area contributed by atoms with E-state index >= 15 is 0 Å². The summed E-state index contributed by atoms with van der Waals surface area (Å²) in [5.41, 5.74) is 2.22. The number of phenolic OH excluding ortho intramolecular Hbond substituents is 1. The number of hydrogen-bond acceptors (Lipinski definition) is 7. The van der Waals surface area contributed by atoms with E-state index in [0.29, 0.717) is 35.8 Å². The number of aromatic nitrogens is 1. The monoisotopic (exact) mass is 522 g/mol. The number of carbonyl (C=O) groups is 2. The molecule has 0 aliphatic rings. The summed E-state index contributed by atoms with van der Waals surface area (Å²) >= 11 is 0. The Morgan fingerprint density at radius 3 is 1.90 bits per heavy atom. The highest BCUT2D eigenvalue weighted by Gasteiger charge is 2.28. The molecule has 1 aromatic heterocycles. The van der Waals surface area contributed by atoms with Crippen molar-refractivity contribution in [1.82, 2.24) is 4.98 Å². The van der Waals surface area contributed by atoms with Gasteiger partial charge in [0.05, 0.1) is 24.5 Å². The number of oxazole rings is 1. The number of rotatable bonds is 8. The zero-order chi connectivity index (χ0) is 27.4. The zero-order valence-corrected chi connectivity index (χ0v) is 21.5. The van der Waals surface area contributed by atoms with Crippen LogP contribution in [0.25, 0.3) is 22.6 Å². The van der Waals surface area contributed by atoms with Gasteiger partial charge in [0.1, 0.15) is 22.8 Å². The summed E-state index contributed by atoms with van der Waals surface area (Å²) in [7, 11) is 0. The Morgan fingerprint density at radius 2 is 1.36 bits per heavy atom. The quantitative estimate of drug-likeness (QED) is 0.233. The van der Waals surface area contributed by atoms with Crippen molar-refractivity contribution in [2.45, 2.75) is 13.8 Å². The van der Waals surface area contributed by atoms with E-state index in [1.54, 1.807) is 60.7 Å². The lowest BCUT2D eigenvalue weighted by Crippen LogP contribution is -2.37. The number of imide groups is 1. The van der Waals surface area contributed by atoms with Crippen LogP contribution in [0.2, 0.25) is 0 Å². The number of nitrogens with zero attached hydrogens (tertiary/aromatic N) is 2. The summed E-state index contributed by atoms with van der Waals surface area (Å²) in [6.45, 7) is 4.72. The molecule has 0 spiro atoms. The molecule has 0 fully saturated rings. The molecule has 0 unspecified atom stereocenters. The minimum absolute atomic E-state index is 0.104. The van der Waals surface area contributed by atoms with Crippen LogP contribution in [0.15, 0.2) is 95.4 Å². The molecular formula is C31H26N2O6. The SMILES string of the molecule is CCOc1ccc(C(=O)N(C(=O)c2ccc(OCC)cc2)c2ccc(O)c(-c3nc4ccccc4o3)c2)cc1. The molecule has 0 saturated carbocycles. The topological polar surface area (TPSA) is 102 Å². The predicted octanol–water partition coefficient (Wildman–Crippen LogP) is 6.49. The maximum Gasteiger partial charge on any atom is 0.265 e. The molecule has 0 radical (unpaired) electrons. The summed E-state index contributed by atoms with van der Waals surface area (Å²) in [5.74, 6) is 0.185. The lowest BCUT2D eigenvalue weighted by atomic mass is 10.1. The van der Waals surface area contributed by atoms with Crippen LogP contribution in [0, 0.1) is 0 Å². The molecule has 196 valence electrons. The highest BCUT2D eigenvalue weighted by Crippen LogP contribution is 2.35. The largest absolute Gasteiger partial charge is 0.507 e. The fraction of sp³-hybridized carbons (Fsp3) is 0.129. The Kier molecular flexibility index (Phi) is 7.27. The average Bonchev–Trinajstić information content (AvgIpc) is 3.39. The van der Waals surface area contributed by atoms with Gasteiger partial charge in [0.2, 0.25) is 5.89 Å². The van der Waals surface area contributed by atoms with Crippen LogP contribution in [0.3, 0.4) is 0 Å². The number of benzene rings is 4. The predicted molar refractivity (Wildman–Crippen MR) is 147 cm³/mol. The first kappa shape index (κ1) is 25.5. The van der Waals surface area contributed by atoms with E-state index in [-0.39, 0.29) is 34.0 Å². The maximum atomic E-state index is 13.8. The van der Waals surface area contributed by atoms with Gasteiger partial charge in [-0.3, -0.25) is 9.59 Å². The van der Waals surface area contributed by atoms with Crippen molar-refractivity contribution in [3.05, 3.63) is 102 Å². The van der Waals surface area contributed by atoms with E-state index < -0.39 is 11.8 Å². The maximum absolute atomic E-state index is 13.8. The van der Waals surface area contributed by atoms with Gasteiger partial charge in [0.25, 0.3) is 11.8 Å². The molecule has 1 N–H and O–H groups in total. The van der Waals surface area contributed by atoms with Crippen LogP contribution in [0.4, 0.5) is 5.69 Å². The van der Waals surface area contributed by atoms with Crippen molar-refractivity contribution in [3.63, 3.8) is 0 Å². The Balaban J connectivity index is 1.58. The van der Waals surface area contributed by atoms with Crippen molar-refractivity contribution in [1.29, 1.82) is 0 Å². The highest BCUT2D eigenvalue weighted by molar-refractivity contribution is 6.26. The van der Waals surface area contributed by atoms with Gasteiger partial charge >= 0.3 is 0 Å². The number of hydrogen-bond donors (Lipinski definition) is 1. The van der Waals surface area contributed by atoms with Crippen LogP contribution in [0.1, 0.15) is 34.6 Å². The molecule has 2 amide bonds. The Hall–Kier alpha value is -5.11. The molecule has 5 rings (SSSR count). The Bertz CT molecular complexity index is 1530. The first-order valence-corrected chi connectivity index (χ1v) is 12.5. The van der Waals surface area contributed by atoms with E-state index in [1.807, 2.05) is 26.0 Å². The van der Waals surface area contributed by atoms with E-state index in [9.17, 15) is 14.7 Å². The minimum Gasteiger partial charge on any atom is -0.507 e. The van der Waals surface area contributed by atoms with Gasteiger partial charge in [-0.1, -0.05) is 12.1 Å². The number of anilines is 1. The number of para-hydroxylation sites is 2. The van der Waals surface area contributed by atoms with Crippen LogP contribution in [0.5, 0.6) is 17.2 Å². The van der Waals surface area contributed by atoms with Gasteiger partial charge in [-0.2, -0.15) is 0 Å². The zero-order valence-electron chi connectivity index (χ0n) is 21.5. The molecule has 0 aliphatic carbocycles. The van der Waals surface area contributed by atoms with E-state index in [0.717, 1.165) is 4.90 Å². The Morgan fingerprint density at radius 1 is 0.795 bits per heavy atom. The number of ether oxygens (including phenoxy) is 2. The van der Waals surface area contributed by atoms with Crippen molar-refractivity contribution < 1.29 is 28.6 Å². The summed E-state index contributed by atoms with van der Waals surface area (Å²) in [6, 6.07) is 24.8. The van der Waals surface area contributed by atoms with E-state index in [2.05, 4.69) is 4.98 Å². The van der Waals surface area contributed by atoms with Gasteiger partial charge in [0.15, 0.2) is 5.58 Å². The molecule has 0 aliphatic heterocycles. The third kappa shape index (κ3) is 5.31. The van der Waals surface area contributed by atoms with Crippen molar-refractivity contribution in [2.24, 2.45) is 0 Å². The number of phenols is 1. The van der Waals surface area contributed by atoms with Gasteiger partial charge < -0.3 is 19.0 Å². The van der Waals surface area contributed by atoms with Crippen molar-refractivity contribution >= 4 is 28.6 Å². The fourth-order valence-electron chi connectivity index (χ4n) is 4.13. The summed E-state index contributed by atoms with van der Waals surface area (Å²) in [6.07, 6.45) is 0. The van der Waals surface area contributed by atoms with Gasteiger partial charge in [-0.05, 0) is 92.7 Å². The molecule has 4 aromatic carbocycles. The van der Waals surface area contributed by atoms with Gasteiger partial charge in [-0.25, -0.2) is 9.88 Å². The molecule has 0 atom stereocenters. The Labute approximate surface area is 225 Å². The molecule has 0 saturated heterocycles. The normalized spacial score (nSPS) is 10.8. The summed E-state index contributed by atoms with van der Waals surface area (Å²) in [4.78, 5) is 33.1. The third-order valence-corrected chi connectivity index (χ3v) is 5.99. The highest BCUT2D eigenvalue weighted by atomic mass is 16.5. The molecule has 39 heavy (non-hydrogen) atoms. The van der Waals surface area contributed by atoms with Crippen molar-refractivity contribution in [2.75, 3.05) is 18.1 Å².